The van der Waals surface area contributed by atoms with Crippen molar-refractivity contribution < 1.29 is 0 Å². The van der Waals surface area contributed by atoms with Crippen molar-refractivity contribution in [1.29, 1.82) is 0 Å². The van der Waals surface area contributed by atoms with E-state index in [1.807, 2.05) is 6.08 Å². The van der Waals surface area contributed by atoms with Gasteiger partial charge in [0, 0.05) is 6.04 Å². The SMILES string of the molecule is C=C=CC1NCCCNCCCCCCCNCCC2C(C=C=C)N12. The molecule has 4 heteroatoms. The number of nitrogens with one attached hydrogen (secondary N) is 3. The van der Waals surface area contributed by atoms with Crippen LogP contribution in [0.3, 0.4) is 0 Å². The summed E-state index contributed by atoms with van der Waals surface area (Å²) in [7, 11) is 0. The molecular formula is C21H36N4. The first-order valence-corrected chi connectivity index (χ1v) is 10.0. The van der Waals surface area contributed by atoms with Crippen molar-refractivity contribution in [2.45, 2.75) is 63.2 Å². The zero-order valence-electron chi connectivity index (χ0n) is 15.7. The molecule has 25 heavy (non-hydrogen) atoms. The van der Waals surface area contributed by atoms with E-state index in [0.29, 0.717) is 12.1 Å². The van der Waals surface area contributed by atoms with Crippen molar-refractivity contribution in [1.82, 2.24) is 20.9 Å². The van der Waals surface area contributed by atoms with Crippen molar-refractivity contribution >= 4 is 0 Å². The Morgan fingerprint density at radius 1 is 0.760 bits per heavy atom. The van der Waals surface area contributed by atoms with Gasteiger partial charge < -0.3 is 10.6 Å². The van der Waals surface area contributed by atoms with Crippen molar-refractivity contribution in [3.05, 3.63) is 36.8 Å². The molecule has 140 valence electrons. The highest BCUT2D eigenvalue weighted by Crippen LogP contribution is 2.34. The molecule has 0 amide bonds. The van der Waals surface area contributed by atoms with Crippen molar-refractivity contribution in [2.75, 3.05) is 32.7 Å². The van der Waals surface area contributed by atoms with Crippen LogP contribution in [0.15, 0.2) is 36.8 Å². The zero-order valence-corrected chi connectivity index (χ0v) is 15.7. The molecule has 2 aliphatic heterocycles. The molecule has 4 atom stereocenters. The van der Waals surface area contributed by atoms with Gasteiger partial charge in [-0.2, -0.15) is 0 Å². The Morgan fingerprint density at radius 2 is 1.40 bits per heavy atom. The summed E-state index contributed by atoms with van der Waals surface area (Å²) in [5.41, 5.74) is 5.94. The predicted molar refractivity (Wildman–Crippen MR) is 107 cm³/mol. The predicted octanol–water partition coefficient (Wildman–Crippen LogP) is 2.56. The standard InChI is InChI=1S/C21H36N4/c1-3-11-19-20-13-18-23-15-9-7-5-6-8-14-22-16-10-17-24-21(12-4-2)25(19)20/h11-12,19-24H,1-2,5-10,13-18H2. The van der Waals surface area contributed by atoms with Gasteiger partial charge in [0.2, 0.25) is 0 Å². The van der Waals surface area contributed by atoms with Crippen molar-refractivity contribution in [2.24, 2.45) is 0 Å². The van der Waals surface area contributed by atoms with Crippen LogP contribution in [0.1, 0.15) is 44.9 Å². The quantitative estimate of drug-likeness (QED) is 0.532. The highest BCUT2D eigenvalue weighted by Gasteiger charge is 2.48. The number of fused-ring (bicyclic) bond motifs is 1. The third-order valence-corrected chi connectivity index (χ3v) is 5.13. The molecule has 4 unspecified atom stereocenters. The van der Waals surface area contributed by atoms with Gasteiger partial charge in [-0.1, -0.05) is 32.4 Å². The van der Waals surface area contributed by atoms with Gasteiger partial charge in [0.25, 0.3) is 0 Å². The minimum Gasteiger partial charge on any atom is -0.317 e. The zero-order chi connectivity index (χ0) is 17.7. The minimum atomic E-state index is 0.205. The van der Waals surface area contributed by atoms with Crippen LogP contribution in [0.4, 0.5) is 0 Å². The summed E-state index contributed by atoms with van der Waals surface area (Å²) in [6.07, 6.45) is 13.3. The molecule has 0 radical (unpaired) electrons. The molecule has 0 spiro atoms. The Labute approximate surface area is 154 Å². The number of hydrogen-bond acceptors (Lipinski definition) is 4. The molecule has 0 saturated carbocycles. The molecule has 0 aliphatic carbocycles. The third-order valence-electron chi connectivity index (χ3n) is 5.13. The Kier molecular flexibility index (Phi) is 9.91. The second-order valence-electron chi connectivity index (χ2n) is 7.06. The molecule has 3 N–H and O–H groups in total. The molecule has 0 aromatic heterocycles. The van der Waals surface area contributed by atoms with Crippen LogP contribution in [-0.2, 0) is 0 Å². The molecule has 2 saturated heterocycles. The van der Waals surface area contributed by atoms with Crippen molar-refractivity contribution in [3.8, 4) is 0 Å². The summed E-state index contributed by atoms with van der Waals surface area (Å²) in [4.78, 5) is 2.48. The molecule has 0 bridgehead atoms. The third kappa shape index (κ3) is 7.33. The van der Waals surface area contributed by atoms with Gasteiger partial charge >= 0.3 is 0 Å². The fourth-order valence-corrected chi connectivity index (χ4v) is 3.71. The summed E-state index contributed by atoms with van der Waals surface area (Å²) in [6.45, 7) is 13.0. The summed E-state index contributed by atoms with van der Waals surface area (Å²) >= 11 is 0. The molecule has 2 heterocycles. The number of hydrogen-bond donors (Lipinski definition) is 3. The monoisotopic (exact) mass is 344 g/mol. The van der Waals surface area contributed by atoms with Gasteiger partial charge in [-0.15, -0.1) is 11.5 Å². The highest BCUT2D eigenvalue weighted by atomic mass is 15.4. The number of rotatable bonds is 2. The maximum Gasteiger partial charge on any atom is 0.0873 e. The fraction of sp³-hybridized carbons (Fsp3) is 0.714. The summed E-state index contributed by atoms with van der Waals surface area (Å²) in [6, 6.07) is 0.988. The summed E-state index contributed by atoms with van der Waals surface area (Å²) in [5, 5.41) is 10.8. The lowest BCUT2D eigenvalue weighted by molar-refractivity contribution is 0.346. The Hall–Kier alpha value is -1.12. The van der Waals surface area contributed by atoms with Crippen LogP contribution in [0, 0.1) is 0 Å². The first kappa shape index (κ1) is 20.2. The van der Waals surface area contributed by atoms with E-state index in [-0.39, 0.29) is 6.17 Å². The summed E-state index contributed by atoms with van der Waals surface area (Å²) in [5.74, 6) is 0. The lowest BCUT2D eigenvalue weighted by Gasteiger charge is -2.17. The second-order valence-corrected chi connectivity index (χ2v) is 7.06. The van der Waals surface area contributed by atoms with E-state index in [4.69, 9.17) is 0 Å². The molecule has 0 aromatic rings. The largest absolute Gasteiger partial charge is 0.317 e. The fourth-order valence-electron chi connectivity index (χ4n) is 3.71. The van der Waals surface area contributed by atoms with E-state index in [1.54, 1.807) is 0 Å². The highest BCUT2D eigenvalue weighted by molar-refractivity contribution is 5.17. The van der Waals surface area contributed by atoms with E-state index < -0.39 is 0 Å². The Balaban J connectivity index is 1.88. The van der Waals surface area contributed by atoms with Crippen molar-refractivity contribution in [3.63, 3.8) is 0 Å². The van der Waals surface area contributed by atoms with Gasteiger partial charge in [0.1, 0.15) is 0 Å². The molecule has 0 aromatic carbocycles. The van der Waals surface area contributed by atoms with Crippen LogP contribution in [0.2, 0.25) is 0 Å². The van der Waals surface area contributed by atoms with Gasteiger partial charge in [-0.3, -0.25) is 10.2 Å². The average Bonchev–Trinajstić information content (AvgIpc) is 3.29. The molecular weight excluding hydrogens is 308 g/mol. The van der Waals surface area contributed by atoms with Gasteiger partial charge in [0.15, 0.2) is 0 Å². The molecule has 2 aliphatic rings. The van der Waals surface area contributed by atoms with E-state index >= 15 is 0 Å². The van der Waals surface area contributed by atoms with Crippen LogP contribution in [-0.4, -0.2) is 55.9 Å². The lowest BCUT2D eigenvalue weighted by atomic mass is 10.1. The minimum absolute atomic E-state index is 0.205. The van der Waals surface area contributed by atoms with Gasteiger partial charge in [-0.05, 0) is 70.6 Å². The van der Waals surface area contributed by atoms with Gasteiger partial charge in [-0.25, -0.2) is 0 Å². The smallest absolute Gasteiger partial charge is 0.0873 e. The first-order valence-electron chi connectivity index (χ1n) is 10.0. The number of nitrogens with zero attached hydrogens (tertiary/aromatic N) is 1. The molecule has 4 nitrogen and oxygen atoms in total. The first-order chi connectivity index (χ1) is 12.4. The van der Waals surface area contributed by atoms with Crippen LogP contribution in [0.25, 0.3) is 0 Å². The Morgan fingerprint density at radius 3 is 2.12 bits per heavy atom. The molecule has 2 rings (SSSR count). The van der Waals surface area contributed by atoms with E-state index in [9.17, 15) is 0 Å². The Bertz CT molecular complexity index is 463. The van der Waals surface area contributed by atoms with Crippen LogP contribution >= 0.6 is 0 Å². The maximum atomic E-state index is 3.77. The van der Waals surface area contributed by atoms with Crippen LogP contribution < -0.4 is 16.0 Å². The maximum absolute atomic E-state index is 3.77. The second kappa shape index (κ2) is 12.3. The normalized spacial score (nSPS) is 32.8. The van der Waals surface area contributed by atoms with E-state index in [2.05, 4.69) is 51.5 Å². The van der Waals surface area contributed by atoms with E-state index in [1.165, 1.54) is 32.1 Å². The lowest BCUT2D eigenvalue weighted by Crippen LogP contribution is -2.37. The van der Waals surface area contributed by atoms with E-state index in [0.717, 1.165) is 45.6 Å². The summed E-state index contributed by atoms with van der Waals surface area (Å²) < 4.78 is 0. The van der Waals surface area contributed by atoms with Gasteiger partial charge in [0.05, 0.1) is 12.2 Å². The molecule has 2 fully saturated rings. The average molecular weight is 345 g/mol. The van der Waals surface area contributed by atoms with Crippen LogP contribution in [0.5, 0.6) is 0 Å². The topological polar surface area (TPSA) is 39.1 Å².